The topological polar surface area (TPSA) is 67.6 Å². The van der Waals surface area contributed by atoms with Crippen LogP contribution in [0.2, 0.25) is 0 Å². The molecule has 0 aromatic carbocycles. The van der Waals surface area contributed by atoms with Gasteiger partial charge in [-0.1, -0.05) is 0 Å². The summed E-state index contributed by atoms with van der Waals surface area (Å²) in [6, 6.07) is -0.202. The van der Waals surface area contributed by atoms with E-state index in [4.69, 9.17) is 4.74 Å². The number of carbonyl (C=O) groups excluding carboxylic acids is 1. The van der Waals surface area contributed by atoms with E-state index < -0.39 is 6.10 Å². The quantitative estimate of drug-likeness (QED) is 0.862. The number of aliphatic hydroxyl groups is 1. The monoisotopic (exact) mass is 267 g/mol. The van der Waals surface area contributed by atoms with E-state index in [0.717, 1.165) is 19.3 Å². The molecule has 1 aliphatic rings. The molecule has 106 valence electrons. The highest BCUT2D eigenvalue weighted by molar-refractivity contribution is 5.93. The second-order valence-electron chi connectivity index (χ2n) is 5.08. The molecule has 1 saturated carbocycles. The van der Waals surface area contributed by atoms with Crippen LogP contribution in [0.5, 0.6) is 0 Å². The Morgan fingerprint density at radius 3 is 2.89 bits per heavy atom. The first kappa shape index (κ1) is 14.0. The zero-order valence-electron chi connectivity index (χ0n) is 11.6. The van der Waals surface area contributed by atoms with Crippen LogP contribution in [-0.4, -0.2) is 58.1 Å². The number of amides is 1. The fourth-order valence-electron chi connectivity index (χ4n) is 2.68. The molecule has 6 heteroatoms. The van der Waals surface area contributed by atoms with Crippen molar-refractivity contribution in [1.82, 2.24) is 14.7 Å². The second kappa shape index (κ2) is 5.71. The van der Waals surface area contributed by atoms with Gasteiger partial charge in [0.1, 0.15) is 6.10 Å². The minimum Gasteiger partial charge on any atom is -0.388 e. The molecule has 1 fully saturated rings. The van der Waals surface area contributed by atoms with Crippen LogP contribution >= 0.6 is 0 Å². The van der Waals surface area contributed by atoms with Crippen LogP contribution < -0.4 is 0 Å². The molecule has 1 aromatic rings. The third-order valence-electron chi connectivity index (χ3n) is 3.84. The van der Waals surface area contributed by atoms with Gasteiger partial charge in [0.15, 0.2) is 0 Å². The molecule has 0 radical (unpaired) electrons. The Kier molecular flexibility index (Phi) is 4.21. The lowest BCUT2D eigenvalue weighted by Gasteiger charge is -2.39. The minimum atomic E-state index is -0.635. The maximum atomic E-state index is 12.3. The molecule has 1 heterocycles. The number of rotatable bonds is 3. The summed E-state index contributed by atoms with van der Waals surface area (Å²) in [4.78, 5) is 13.9. The SMILES string of the molecule is CO[C@@H]1CCC[C@@H](N(C)C(=O)c2cnn(C)c2)[C@H]1O. The first-order valence-corrected chi connectivity index (χ1v) is 6.51. The maximum absolute atomic E-state index is 12.3. The van der Waals surface area contributed by atoms with Gasteiger partial charge in [-0.2, -0.15) is 5.10 Å². The Morgan fingerprint density at radius 2 is 2.32 bits per heavy atom. The van der Waals surface area contributed by atoms with Gasteiger partial charge in [0, 0.05) is 27.4 Å². The number of methoxy groups -OCH3 is 1. The molecule has 0 bridgehead atoms. The van der Waals surface area contributed by atoms with Crippen molar-refractivity contribution in [2.75, 3.05) is 14.2 Å². The fourth-order valence-corrected chi connectivity index (χ4v) is 2.68. The van der Waals surface area contributed by atoms with Crippen LogP contribution in [-0.2, 0) is 11.8 Å². The van der Waals surface area contributed by atoms with Crippen LogP contribution in [0, 0.1) is 0 Å². The lowest BCUT2D eigenvalue weighted by Crippen LogP contribution is -2.52. The van der Waals surface area contributed by atoms with E-state index in [9.17, 15) is 9.90 Å². The molecule has 1 amide bonds. The lowest BCUT2D eigenvalue weighted by molar-refractivity contribution is -0.0714. The average molecular weight is 267 g/mol. The molecule has 6 nitrogen and oxygen atoms in total. The normalized spacial score (nSPS) is 27.3. The molecule has 19 heavy (non-hydrogen) atoms. The molecular formula is C13H21N3O3. The first-order chi connectivity index (χ1) is 9.04. The summed E-state index contributed by atoms with van der Waals surface area (Å²) in [5.41, 5.74) is 0.539. The zero-order valence-corrected chi connectivity index (χ0v) is 11.6. The molecule has 2 rings (SSSR count). The molecule has 3 atom stereocenters. The van der Waals surface area contributed by atoms with Gasteiger partial charge >= 0.3 is 0 Å². The van der Waals surface area contributed by atoms with Crippen LogP contribution in [0.1, 0.15) is 29.6 Å². The van der Waals surface area contributed by atoms with Crippen molar-refractivity contribution in [1.29, 1.82) is 0 Å². The number of hydrogen-bond acceptors (Lipinski definition) is 4. The number of hydrogen-bond donors (Lipinski definition) is 1. The van der Waals surface area contributed by atoms with Gasteiger partial charge < -0.3 is 14.7 Å². The number of aryl methyl sites for hydroxylation is 1. The summed E-state index contributed by atoms with van der Waals surface area (Å²) in [5.74, 6) is -0.117. The number of ether oxygens (including phenoxy) is 1. The molecular weight excluding hydrogens is 246 g/mol. The summed E-state index contributed by atoms with van der Waals surface area (Å²) in [6.45, 7) is 0. The summed E-state index contributed by atoms with van der Waals surface area (Å²) in [6.07, 6.45) is 4.98. The van der Waals surface area contributed by atoms with Crippen molar-refractivity contribution in [3.05, 3.63) is 18.0 Å². The van der Waals surface area contributed by atoms with E-state index >= 15 is 0 Å². The summed E-state index contributed by atoms with van der Waals surface area (Å²) < 4.78 is 6.86. The number of likely N-dealkylation sites (N-methyl/N-ethyl adjacent to an activating group) is 1. The van der Waals surface area contributed by atoms with E-state index in [2.05, 4.69) is 5.10 Å². The maximum Gasteiger partial charge on any atom is 0.257 e. The van der Waals surface area contributed by atoms with Crippen molar-refractivity contribution >= 4 is 5.91 Å². The third-order valence-corrected chi connectivity index (χ3v) is 3.84. The average Bonchev–Trinajstić information content (AvgIpc) is 2.84. The third kappa shape index (κ3) is 2.79. The molecule has 0 aliphatic heterocycles. The van der Waals surface area contributed by atoms with E-state index in [1.54, 1.807) is 43.2 Å². The molecule has 1 aromatic heterocycles. The number of aliphatic hydroxyl groups excluding tert-OH is 1. The molecule has 1 aliphatic carbocycles. The van der Waals surface area contributed by atoms with E-state index in [1.807, 2.05) is 0 Å². The molecule has 0 unspecified atom stereocenters. The highest BCUT2D eigenvalue weighted by atomic mass is 16.5. The van der Waals surface area contributed by atoms with Crippen molar-refractivity contribution in [3.63, 3.8) is 0 Å². The highest BCUT2D eigenvalue weighted by Gasteiger charge is 2.36. The zero-order chi connectivity index (χ0) is 14.0. The van der Waals surface area contributed by atoms with Gasteiger partial charge in [0.05, 0.1) is 23.9 Å². The Morgan fingerprint density at radius 1 is 1.58 bits per heavy atom. The van der Waals surface area contributed by atoms with E-state index in [1.165, 1.54) is 0 Å². The Hall–Kier alpha value is -1.40. The van der Waals surface area contributed by atoms with E-state index in [0.29, 0.717) is 5.56 Å². The summed E-state index contributed by atoms with van der Waals surface area (Å²) in [5, 5.41) is 14.3. The largest absolute Gasteiger partial charge is 0.388 e. The smallest absolute Gasteiger partial charge is 0.257 e. The predicted molar refractivity (Wildman–Crippen MR) is 69.7 cm³/mol. The predicted octanol–water partition coefficient (Wildman–Crippen LogP) is 0.420. The Labute approximate surface area is 113 Å². The number of aromatic nitrogens is 2. The fraction of sp³-hybridized carbons (Fsp3) is 0.692. The van der Waals surface area contributed by atoms with Crippen molar-refractivity contribution in [2.45, 2.75) is 37.5 Å². The van der Waals surface area contributed by atoms with E-state index in [-0.39, 0.29) is 18.1 Å². The standard InChI is InChI=1S/C13H21N3O3/c1-15-8-9(7-14-15)13(18)16(2)10-5-4-6-11(19-3)12(10)17/h7-8,10-12,17H,4-6H2,1-3H3/t10-,11-,12-/m1/s1. The Balaban J connectivity index is 2.10. The number of nitrogens with zero attached hydrogens (tertiary/aromatic N) is 3. The van der Waals surface area contributed by atoms with Crippen molar-refractivity contribution < 1.29 is 14.6 Å². The lowest BCUT2D eigenvalue weighted by atomic mass is 9.89. The Bertz CT molecular complexity index is 446. The van der Waals surface area contributed by atoms with Crippen LogP contribution in [0.15, 0.2) is 12.4 Å². The van der Waals surface area contributed by atoms with Crippen LogP contribution in [0.4, 0.5) is 0 Å². The van der Waals surface area contributed by atoms with Crippen LogP contribution in [0.3, 0.4) is 0 Å². The van der Waals surface area contributed by atoms with Gasteiger partial charge in [-0.3, -0.25) is 9.48 Å². The van der Waals surface area contributed by atoms with Crippen molar-refractivity contribution in [3.8, 4) is 0 Å². The van der Waals surface area contributed by atoms with Gasteiger partial charge in [-0.15, -0.1) is 0 Å². The van der Waals surface area contributed by atoms with Gasteiger partial charge in [0.25, 0.3) is 5.91 Å². The van der Waals surface area contributed by atoms with Crippen LogP contribution in [0.25, 0.3) is 0 Å². The molecule has 1 N–H and O–H groups in total. The molecule has 0 saturated heterocycles. The second-order valence-corrected chi connectivity index (χ2v) is 5.08. The molecule has 0 spiro atoms. The first-order valence-electron chi connectivity index (χ1n) is 6.51. The highest BCUT2D eigenvalue weighted by Crippen LogP contribution is 2.25. The van der Waals surface area contributed by atoms with Gasteiger partial charge in [0.2, 0.25) is 0 Å². The number of carbonyl (C=O) groups is 1. The van der Waals surface area contributed by atoms with Crippen molar-refractivity contribution in [2.24, 2.45) is 7.05 Å². The summed E-state index contributed by atoms with van der Waals surface area (Å²) in [7, 11) is 5.09. The summed E-state index contributed by atoms with van der Waals surface area (Å²) >= 11 is 0. The minimum absolute atomic E-state index is 0.117. The van der Waals surface area contributed by atoms with Gasteiger partial charge in [-0.05, 0) is 19.3 Å². The van der Waals surface area contributed by atoms with Gasteiger partial charge in [-0.25, -0.2) is 0 Å².